The first kappa shape index (κ1) is 18.6. The van der Waals surface area contributed by atoms with Crippen LogP contribution in [-0.4, -0.2) is 17.9 Å². The number of carbonyl (C=O) groups is 1. The van der Waals surface area contributed by atoms with Crippen molar-refractivity contribution in [2.75, 3.05) is 0 Å². The van der Waals surface area contributed by atoms with Crippen molar-refractivity contribution < 1.29 is 13.6 Å². The van der Waals surface area contributed by atoms with Crippen LogP contribution in [0.15, 0.2) is 60.7 Å². The Labute approximate surface area is 146 Å². The molecule has 3 nitrogen and oxygen atoms in total. The lowest BCUT2D eigenvalue weighted by molar-refractivity contribution is -0.146. The molecule has 0 aliphatic carbocycles. The van der Waals surface area contributed by atoms with E-state index in [1.54, 1.807) is 30.3 Å². The molecule has 0 aromatic heterocycles. The van der Waals surface area contributed by atoms with Crippen molar-refractivity contribution in [3.8, 4) is 6.07 Å². The Kier molecular flexibility index (Phi) is 6.64. The number of nitriles is 1. The summed E-state index contributed by atoms with van der Waals surface area (Å²) in [5, 5.41) is 11.3. The molecule has 0 aliphatic rings. The van der Waals surface area contributed by atoms with E-state index in [2.05, 4.69) is 5.32 Å². The maximum atomic E-state index is 14.0. The summed E-state index contributed by atoms with van der Waals surface area (Å²) in [5.74, 6) is -4.89. The summed E-state index contributed by atoms with van der Waals surface area (Å²) < 4.78 is 28.1. The molecule has 2 aromatic carbocycles. The van der Waals surface area contributed by atoms with Crippen LogP contribution in [-0.2, 0) is 17.6 Å². The molecule has 1 N–H and O–H groups in total. The summed E-state index contributed by atoms with van der Waals surface area (Å²) >= 11 is 0. The lowest BCUT2D eigenvalue weighted by atomic mass is 10.0. The van der Waals surface area contributed by atoms with E-state index in [1.165, 1.54) is 0 Å². The van der Waals surface area contributed by atoms with Crippen molar-refractivity contribution >= 4 is 5.91 Å². The van der Waals surface area contributed by atoms with Crippen molar-refractivity contribution in [2.45, 2.75) is 37.6 Å². The second-order valence-corrected chi connectivity index (χ2v) is 5.87. The summed E-state index contributed by atoms with van der Waals surface area (Å²) in [6, 6.07) is 19.2. The first-order chi connectivity index (χ1) is 12.0. The second-order valence-electron chi connectivity index (χ2n) is 5.87. The molecule has 0 unspecified atom stereocenters. The Hall–Kier alpha value is -2.74. The average molecular weight is 342 g/mol. The number of hydrogen-bond acceptors (Lipinski definition) is 2. The topological polar surface area (TPSA) is 52.9 Å². The van der Waals surface area contributed by atoms with E-state index in [1.807, 2.05) is 36.4 Å². The second kappa shape index (κ2) is 8.93. The van der Waals surface area contributed by atoms with E-state index >= 15 is 0 Å². The summed E-state index contributed by atoms with van der Waals surface area (Å²) in [6.07, 6.45) is 0.345. The predicted molar refractivity (Wildman–Crippen MR) is 92.0 cm³/mol. The van der Waals surface area contributed by atoms with Gasteiger partial charge in [-0.25, -0.2) is 0 Å². The van der Waals surface area contributed by atoms with Gasteiger partial charge in [0.15, 0.2) is 0 Å². The number of hydrogen-bond donors (Lipinski definition) is 1. The minimum absolute atomic E-state index is 0.0997. The number of alkyl halides is 2. The quantitative estimate of drug-likeness (QED) is 0.791. The Balaban J connectivity index is 1.85. The molecule has 25 heavy (non-hydrogen) atoms. The summed E-state index contributed by atoms with van der Waals surface area (Å²) in [6.45, 7) is 0. The summed E-state index contributed by atoms with van der Waals surface area (Å²) in [7, 11) is 0. The van der Waals surface area contributed by atoms with Gasteiger partial charge < -0.3 is 5.32 Å². The van der Waals surface area contributed by atoms with Crippen molar-refractivity contribution in [3.05, 3.63) is 71.8 Å². The van der Waals surface area contributed by atoms with Gasteiger partial charge in [-0.1, -0.05) is 60.7 Å². The Morgan fingerprint density at radius 2 is 1.52 bits per heavy atom. The van der Waals surface area contributed by atoms with Gasteiger partial charge in [0, 0.05) is 6.42 Å². The van der Waals surface area contributed by atoms with Crippen LogP contribution in [0.2, 0.25) is 0 Å². The molecule has 2 rings (SSSR count). The highest BCUT2D eigenvalue weighted by atomic mass is 19.3. The smallest absolute Gasteiger partial charge is 0.324 e. The van der Waals surface area contributed by atoms with Crippen molar-refractivity contribution in [2.24, 2.45) is 0 Å². The third kappa shape index (κ3) is 6.00. The van der Waals surface area contributed by atoms with Gasteiger partial charge in [0.25, 0.3) is 5.91 Å². The fourth-order valence-electron chi connectivity index (χ4n) is 2.45. The molecule has 0 saturated carbocycles. The first-order valence-corrected chi connectivity index (χ1v) is 8.17. The summed E-state index contributed by atoms with van der Waals surface area (Å²) in [4.78, 5) is 11.9. The molecular weight excluding hydrogens is 322 g/mol. The Morgan fingerprint density at radius 1 is 1.00 bits per heavy atom. The normalized spacial score (nSPS) is 12.2. The number of rotatable bonds is 8. The van der Waals surface area contributed by atoms with E-state index in [4.69, 9.17) is 5.26 Å². The molecule has 130 valence electrons. The van der Waals surface area contributed by atoms with Crippen LogP contribution >= 0.6 is 0 Å². The molecule has 2 aromatic rings. The lowest BCUT2D eigenvalue weighted by Gasteiger charge is -2.18. The Bertz CT molecular complexity index is 711. The average Bonchev–Trinajstić information content (AvgIpc) is 2.65. The van der Waals surface area contributed by atoms with E-state index < -0.39 is 24.3 Å². The van der Waals surface area contributed by atoms with Gasteiger partial charge in [0.05, 0.1) is 6.07 Å². The SMILES string of the molecule is N#C[C@H](CCc1ccccc1)NC(=O)C(F)(F)CCc1ccccc1. The molecular formula is C20H20F2N2O. The third-order valence-electron chi connectivity index (χ3n) is 3.93. The molecule has 0 bridgehead atoms. The van der Waals surface area contributed by atoms with Gasteiger partial charge in [-0.15, -0.1) is 0 Å². The van der Waals surface area contributed by atoms with E-state index in [9.17, 15) is 13.6 Å². The number of halogens is 2. The predicted octanol–water partition coefficient (Wildman–Crippen LogP) is 3.90. The van der Waals surface area contributed by atoms with Gasteiger partial charge in [0.2, 0.25) is 0 Å². The van der Waals surface area contributed by atoms with Crippen molar-refractivity contribution in [1.29, 1.82) is 5.26 Å². The van der Waals surface area contributed by atoms with Crippen LogP contribution in [0.5, 0.6) is 0 Å². The van der Waals surface area contributed by atoms with Gasteiger partial charge in [-0.3, -0.25) is 4.79 Å². The minimum Gasteiger partial charge on any atom is -0.335 e. The van der Waals surface area contributed by atoms with Crippen LogP contribution in [0.25, 0.3) is 0 Å². The number of aryl methyl sites for hydroxylation is 2. The zero-order chi connectivity index (χ0) is 18.1. The number of amides is 1. The van der Waals surface area contributed by atoms with Gasteiger partial charge in [0.1, 0.15) is 6.04 Å². The third-order valence-corrected chi connectivity index (χ3v) is 3.93. The van der Waals surface area contributed by atoms with Gasteiger partial charge >= 0.3 is 5.92 Å². The maximum Gasteiger partial charge on any atom is 0.324 e. The largest absolute Gasteiger partial charge is 0.335 e. The molecule has 0 radical (unpaired) electrons. The summed E-state index contributed by atoms with van der Waals surface area (Å²) in [5.41, 5.74) is 1.74. The highest BCUT2D eigenvalue weighted by molar-refractivity contribution is 5.83. The van der Waals surface area contributed by atoms with Crippen LogP contribution in [0.1, 0.15) is 24.0 Å². The standard InChI is InChI=1S/C20H20F2N2O/c21-20(22,14-13-17-9-5-2-6-10-17)19(25)24-18(15-23)12-11-16-7-3-1-4-8-16/h1-10,18H,11-14H2,(H,24,25)/t18-/m0/s1. The molecule has 5 heteroatoms. The van der Waals surface area contributed by atoms with E-state index in [0.717, 1.165) is 11.1 Å². The van der Waals surface area contributed by atoms with Gasteiger partial charge in [-0.2, -0.15) is 14.0 Å². The monoisotopic (exact) mass is 342 g/mol. The van der Waals surface area contributed by atoms with Crippen molar-refractivity contribution in [3.63, 3.8) is 0 Å². The number of nitrogens with one attached hydrogen (secondary N) is 1. The molecule has 0 fully saturated rings. The van der Waals surface area contributed by atoms with Gasteiger partial charge in [-0.05, 0) is 30.4 Å². The number of nitrogens with zero attached hydrogens (tertiary/aromatic N) is 1. The molecule has 0 spiro atoms. The number of benzene rings is 2. The van der Waals surface area contributed by atoms with E-state index in [-0.39, 0.29) is 6.42 Å². The van der Waals surface area contributed by atoms with Crippen LogP contribution < -0.4 is 5.32 Å². The molecule has 0 aliphatic heterocycles. The van der Waals surface area contributed by atoms with Crippen LogP contribution in [0, 0.1) is 11.3 Å². The molecule has 1 amide bonds. The molecule has 0 saturated heterocycles. The highest BCUT2D eigenvalue weighted by Gasteiger charge is 2.39. The zero-order valence-electron chi connectivity index (χ0n) is 13.8. The van der Waals surface area contributed by atoms with Crippen LogP contribution in [0.4, 0.5) is 8.78 Å². The minimum atomic E-state index is -3.50. The van der Waals surface area contributed by atoms with Crippen LogP contribution in [0.3, 0.4) is 0 Å². The fourth-order valence-corrected chi connectivity index (χ4v) is 2.45. The van der Waals surface area contributed by atoms with Crippen molar-refractivity contribution in [1.82, 2.24) is 5.32 Å². The van der Waals surface area contributed by atoms with E-state index in [0.29, 0.717) is 12.8 Å². The highest BCUT2D eigenvalue weighted by Crippen LogP contribution is 2.22. The molecule has 0 heterocycles. The first-order valence-electron chi connectivity index (χ1n) is 8.17. The zero-order valence-corrected chi connectivity index (χ0v) is 13.8. The maximum absolute atomic E-state index is 14.0. The lowest BCUT2D eigenvalue weighted by Crippen LogP contribution is -2.45. The fraction of sp³-hybridized carbons (Fsp3) is 0.300. The number of carbonyl (C=O) groups excluding carboxylic acids is 1. The molecule has 1 atom stereocenters. The Morgan fingerprint density at radius 3 is 2.04 bits per heavy atom.